The first kappa shape index (κ1) is 20.1. The van der Waals surface area contributed by atoms with Crippen LogP contribution in [-0.2, 0) is 10.4 Å². The minimum Gasteiger partial charge on any atom is -0.512 e. The summed E-state index contributed by atoms with van der Waals surface area (Å²) in [5, 5.41) is 20.4. The second-order valence-corrected chi connectivity index (χ2v) is 10.2. The predicted octanol–water partition coefficient (Wildman–Crippen LogP) is 3.79. The largest absolute Gasteiger partial charge is 0.512 e. The fourth-order valence-electron chi connectivity index (χ4n) is 6.78. The van der Waals surface area contributed by atoms with Gasteiger partial charge < -0.3 is 10.2 Å². The maximum atomic E-state index is 10.3. The first-order valence-corrected chi connectivity index (χ1v) is 11.1. The Balaban J connectivity index is 0.000000349. The number of hydrogen-bond acceptors (Lipinski definition) is 4. The summed E-state index contributed by atoms with van der Waals surface area (Å²) in [6, 6.07) is 0. The smallest absolute Gasteiger partial charge is 0.394 e. The summed E-state index contributed by atoms with van der Waals surface area (Å²) < 4.78 is 31.6. The molecule has 0 aromatic heterocycles. The van der Waals surface area contributed by atoms with E-state index < -0.39 is 10.4 Å². The van der Waals surface area contributed by atoms with Crippen LogP contribution in [0.1, 0.15) is 65.2 Å². The molecule has 2 unspecified atom stereocenters. The summed E-state index contributed by atoms with van der Waals surface area (Å²) in [5.74, 6) is 3.69. The van der Waals surface area contributed by atoms with Gasteiger partial charge in [-0.2, -0.15) is 8.42 Å². The highest BCUT2D eigenvalue weighted by atomic mass is 32.3. The lowest BCUT2D eigenvalue weighted by Gasteiger charge is -2.60. The zero-order chi connectivity index (χ0) is 19.3. The molecular weight excluding hydrogens is 356 g/mol. The van der Waals surface area contributed by atoms with Crippen LogP contribution in [0.3, 0.4) is 0 Å². The number of rotatable bonds is 0. The molecule has 150 valence electrons. The zero-order valence-corrected chi connectivity index (χ0v) is 16.5. The molecule has 4 N–H and O–H groups in total. The van der Waals surface area contributed by atoms with Crippen LogP contribution in [-0.4, -0.2) is 33.8 Å². The highest BCUT2D eigenvalue weighted by Crippen LogP contribution is 2.65. The van der Waals surface area contributed by atoms with E-state index in [-0.39, 0.29) is 11.5 Å². The van der Waals surface area contributed by atoms with Gasteiger partial charge in [0.05, 0.1) is 11.9 Å². The van der Waals surface area contributed by atoms with Crippen molar-refractivity contribution in [1.29, 1.82) is 0 Å². The molecule has 0 saturated heterocycles. The lowest BCUT2D eigenvalue weighted by atomic mass is 9.45. The van der Waals surface area contributed by atoms with Gasteiger partial charge in [0, 0.05) is 5.41 Å². The molecule has 0 heterocycles. The van der Waals surface area contributed by atoms with Crippen molar-refractivity contribution in [2.75, 3.05) is 0 Å². The van der Waals surface area contributed by atoms with Gasteiger partial charge in [-0.3, -0.25) is 9.11 Å². The highest BCUT2D eigenvalue weighted by Gasteiger charge is 2.58. The highest BCUT2D eigenvalue weighted by molar-refractivity contribution is 7.79. The number of aliphatic hydroxyl groups excluding tert-OH is 2. The summed E-state index contributed by atoms with van der Waals surface area (Å²) in [6.07, 6.45) is 11.4. The molecule has 26 heavy (non-hydrogen) atoms. The van der Waals surface area contributed by atoms with Crippen molar-refractivity contribution in [1.82, 2.24) is 0 Å². The average Bonchev–Trinajstić information content (AvgIpc) is 2.82. The van der Waals surface area contributed by atoms with Crippen LogP contribution < -0.4 is 0 Å². The Bertz CT molecular complexity index is 666. The van der Waals surface area contributed by atoms with Gasteiger partial charge in [-0.25, -0.2) is 0 Å². The number of fused-ring (bicyclic) bond motifs is 5. The molecule has 4 aliphatic rings. The molecule has 7 atom stereocenters. The fraction of sp³-hybridized carbons (Fsp3) is 0.895. The first-order chi connectivity index (χ1) is 11.9. The molecule has 0 amide bonds. The Hall–Kier alpha value is -0.630. The molecule has 0 aliphatic heterocycles. The monoisotopic (exact) mass is 388 g/mol. The van der Waals surface area contributed by atoms with Gasteiger partial charge in [-0.15, -0.1) is 0 Å². The van der Waals surface area contributed by atoms with E-state index in [1.54, 1.807) is 0 Å². The molecule has 0 aromatic carbocycles. The summed E-state index contributed by atoms with van der Waals surface area (Å²) in [7, 11) is -4.67. The Labute approximate surface area is 156 Å². The minimum absolute atomic E-state index is 0.0503. The van der Waals surface area contributed by atoms with Crippen molar-refractivity contribution >= 4 is 10.4 Å². The third kappa shape index (κ3) is 3.55. The van der Waals surface area contributed by atoms with Crippen LogP contribution in [0.25, 0.3) is 0 Å². The Morgan fingerprint density at radius 3 is 2.35 bits per heavy atom. The van der Waals surface area contributed by atoms with Crippen LogP contribution in [0.5, 0.6) is 0 Å². The molecule has 0 bridgehead atoms. The second kappa shape index (κ2) is 6.76. The van der Waals surface area contributed by atoms with Crippen LogP contribution in [0, 0.1) is 34.5 Å². The van der Waals surface area contributed by atoms with E-state index in [1.807, 2.05) is 0 Å². The van der Waals surface area contributed by atoms with Gasteiger partial charge in [0.25, 0.3) is 0 Å². The minimum atomic E-state index is -4.67. The quantitative estimate of drug-likeness (QED) is 0.469. The zero-order valence-electron chi connectivity index (χ0n) is 15.6. The molecule has 0 radical (unpaired) electrons. The van der Waals surface area contributed by atoms with Gasteiger partial charge in [0.15, 0.2) is 0 Å². The van der Waals surface area contributed by atoms with Gasteiger partial charge in [0.2, 0.25) is 0 Å². The SMILES string of the molecule is C[C@]12CCC(O)CC1CC[C@@H]1[C@@H]2CC[C@]2(C)C(O)=CC[C@@H]12.O=S(=O)(O)O. The van der Waals surface area contributed by atoms with Crippen molar-refractivity contribution < 1.29 is 27.7 Å². The maximum absolute atomic E-state index is 10.3. The maximum Gasteiger partial charge on any atom is 0.394 e. The van der Waals surface area contributed by atoms with Gasteiger partial charge in [0.1, 0.15) is 0 Å². The molecule has 0 spiro atoms. The van der Waals surface area contributed by atoms with Gasteiger partial charge in [-0.05, 0) is 86.5 Å². The first-order valence-electron chi connectivity index (χ1n) is 9.72. The molecule has 3 saturated carbocycles. The summed E-state index contributed by atoms with van der Waals surface area (Å²) in [5.41, 5.74) is 0.514. The van der Waals surface area contributed by atoms with Crippen LogP contribution in [0.2, 0.25) is 0 Å². The number of aliphatic hydroxyl groups is 2. The summed E-state index contributed by atoms with van der Waals surface area (Å²) >= 11 is 0. The van der Waals surface area contributed by atoms with E-state index in [9.17, 15) is 10.2 Å². The topological polar surface area (TPSA) is 115 Å². The van der Waals surface area contributed by atoms with Crippen molar-refractivity contribution in [2.45, 2.75) is 71.3 Å². The van der Waals surface area contributed by atoms with Crippen LogP contribution in [0.15, 0.2) is 11.8 Å². The normalized spacial score (nSPS) is 47.6. The van der Waals surface area contributed by atoms with Gasteiger partial charge >= 0.3 is 10.4 Å². The Morgan fingerprint density at radius 2 is 1.69 bits per heavy atom. The molecule has 6 nitrogen and oxygen atoms in total. The summed E-state index contributed by atoms with van der Waals surface area (Å²) in [6.45, 7) is 4.82. The van der Waals surface area contributed by atoms with Gasteiger partial charge in [-0.1, -0.05) is 13.8 Å². The Kier molecular flexibility index (Phi) is 5.23. The second-order valence-electron chi connectivity index (χ2n) is 9.31. The average molecular weight is 389 g/mol. The van der Waals surface area contributed by atoms with E-state index in [2.05, 4.69) is 19.9 Å². The van der Waals surface area contributed by atoms with E-state index in [0.29, 0.717) is 17.1 Å². The van der Waals surface area contributed by atoms with E-state index in [0.717, 1.165) is 43.4 Å². The fourth-order valence-corrected chi connectivity index (χ4v) is 6.78. The van der Waals surface area contributed by atoms with E-state index >= 15 is 0 Å². The molecule has 7 heteroatoms. The van der Waals surface area contributed by atoms with E-state index in [4.69, 9.17) is 17.5 Å². The third-order valence-electron chi connectivity index (χ3n) is 8.18. The van der Waals surface area contributed by atoms with Crippen LogP contribution >= 0.6 is 0 Å². The summed E-state index contributed by atoms with van der Waals surface area (Å²) in [4.78, 5) is 0. The molecule has 4 aliphatic carbocycles. The van der Waals surface area contributed by atoms with Crippen molar-refractivity contribution in [3.63, 3.8) is 0 Å². The predicted molar refractivity (Wildman–Crippen MR) is 98.0 cm³/mol. The molecular formula is C19H32O6S. The molecule has 3 fully saturated rings. The van der Waals surface area contributed by atoms with Crippen LogP contribution in [0.4, 0.5) is 0 Å². The van der Waals surface area contributed by atoms with E-state index in [1.165, 1.54) is 25.7 Å². The Morgan fingerprint density at radius 1 is 1.04 bits per heavy atom. The van der Waals surface area contributed by atoms with Crippen molar-refractivity contribution in [3.05, 3.63) is 11.8 Å². The molecule has 4 rings (SSSR count). The molecule has 0 aromatic rings. The standard InChI is InChI=1S/C19H30O2.H2O4S/c1-18-9-7-13(20)11-12(18)3-4-14-15-5-6-17(21)19(15,2)10-8-16(14)18;1-5(2,3)4/h6,12-16,20-21H,3-5,7-11H2,1-2H3;(H2,1,2,3,4)/t12?,13?,14-,15-,16-,18-,19-;/m0./s1. The number of allylic oxidation sites excluding steroid dienone is 2. The lowest BCUT2D eigenvalue weighted by Crippen LogP contribution is -2.53. The van der Waals surface area contributed by atoms with Crippen molar-refractivity contribution in [2.24, 2.45) is 34.5 Å². The van der Waals surface area contributed by atoms with Crippen molar-refractivity contribution in [3.8, 4) is 0 Å². The number of hydrogen-bond donors (Lipinski definition) is 4. The lowest BCUT2D eigenvalue weighted by molar-refractivity contribution is -0.121. The third-order valence-corrected chi connectivity index (χ3v) is 8.18.